The van der Waals surface area contributed by atoms with Crippen LogP contribution in [0.25, 0.3) is 0 Å². The minimum absolute atomic E-state index is 0.295. The molecule has 1 unspecified atom stereocenters. The zero-order valence-electron chi connectivity index (χ0n) is 15.4. The number of rotatable bonds is 3. The largest absolute Gasteiger partial charge is 0.372 e. The third-order valence-corrected chi connectivity index (χ3v) is 5.93. The van der Waals surface area contributed by atoms with Crippen LogP contribution in [0, 0.1) is 5.92 Å². The van der Waals surface area contributed by atoms with E-state index in [9.17, 15) is 14.4 Å². The number of nitrogens with one attached hydrogen (secondary N) is 3. The SMILES string of the molecule is O=C(Nc1ccc(N2CCCCC2)cc1)C1C(=O)NC2(CCNCC2)C1=O. The summed E-state index contributed by atoms with van der Waals surface area (Å²) in [4.78, 5) is 40.1. The highest BCUT2D eigenvalue weighted by atomic mass is 16.2. The second-order valence-corrected chi connectivity index (χ2v) is 7.70. The van der Waals surface area contributed by atoms with Gasteiger partial charge in [0.1, 0.15) is 5.54 Å². The molecule has 0 bridgehead atoms. The van der Waals surface area contributed by atoms with Crippen molar-refractivity contribution in [3.05, 3.63) is 24.3 Å². The highest BCUT2D eigenvalue weighted by molar-refractivity contribution is 6.27. The molecule has 1 spiro atoms. The number of carbonyl (C=O) groups is 3. The van der Waals surface area contributed by atoms with Gasteiger partial charge in [0, 0.05) is 24.5 Å². The summed E-state index contributed by atoms with van der Waals surface area (Å²) in [5, 5.41) is 8.71. The molecule has 27 heavy (non-hydrogen) atoms. The lowest BCUT2D eigenvalue weighted by molar-refractivity contribution is -0.135. The number of hydrogen-bond acceptors (Lipinski definition) is 5. The number of nitrogens with zero attached hydrogens (tertiary/aromatic N) is 1. The summed E-state index contributed by atoms with van der Waals surface area (Å²) in [5.74, 6) is -2.58. The van der Waals surface area contributed by atoms with Crippen LogP contribution in [0.5, 0.6) is 0 Å². The van der Waals surface area contributed by atoms with Gasteiger partial charge < -0.3 is 20.9 Å². The Hall–Kier alpha value is -2.41. The maximum absolute atomic E-state index is 12.8. The molecule has 3 heterocycles. The quantitative estimate of drug-likeness (QED) is 0.692. The van der Waals surface area contributed by atoms with E-state index in [4.69, 9.17) is 0 Å². The Bertz CT molecular complexity index is 734. The summed E-state index contributed by atoms with van der Waals surface area (Å²) in [6.07, 6.45) is 4.75. The van der Waals surface area contributed by atoms with Crippen molar-refractivity contribution in [1.82, 2.24) is 10.6 Å². The van der Waals surface area contributed by atoms with Crippen molar-refractivity contribution >= 4 is 29.0 Å². The monoisotopic (exact) mass is 370 g/mol. The van der Waals surface area contributed by atoms with Crippen molar-refractivity contribution in [1.29, 1.82) is 0 Å². The molecule has 0 saturated carbocycles. The van der Waals surface area contributed by atoms with Crippen LogP contribution in [-0.2, 0) is 14.4 Å². The third-order valence-electron chi connectivity index (χ3n) is 5.93. The van der Waals surface area contributed by atoms with Gasteiger partial charge in [-0.3, -0.25) is 14.4 Å². The van der Waals surface area contributed by atoms with Crippen molar-refractivity contribution in [2.24, 2.45) is 5.92 Å². The van der Waals surface area contributed by atoms with E-state index in [2.05, 4.69) is 20.9 Å². The van der Waals surface area contributed by atoms with E-state index >= 15 is 0 Å². The van der Waals surface area contributed by atoms with Gasteiger partial charge in [-0.25, -0.2) is 0 Å². The Labute approximate surface area is 158 Å². The number of hydrogen-bond donors (Lipinski definition) is 3. The summed E-state index contributed by atoms with van der Waals surface area (Å²) in [5.41, 5.74) is 0.867. The van der Waals surface area contributed by atoms with Gasteiger partial charge in [0.15, 0.2) is 11.7 Å². The first kappa shape index (κ1) is 18.0. The molecular formula is C20H26N4O3. The molecule has 7 heteroatoms. The van der Waals surface area contributed by atoms with Gasteiger partial charge in [-0.1, -0.05) is 0 Å². The molecule has 3 fully saturated rings. The molecule has 4 rings (SSSR count). The highest BCUT2D eigenvalue weighted by Crippen LogP contribution is 2.30. The molecule has 0 aliphatic carbocycles. The normalized spacial score (nSPS) is 24.7. The lowest BCUT2D eigenvalue weighted by Gasteiger charge is -2.32. The molecule has 3 N–H and O–H groups in total. The standard InChI is InChI=1S/C20H26N4O3/c25-17-16(19(27)23-20(17)8-10-21-11-9-20)18(26)22-14-4-6-15(7-5-14)24-12-2-1-3-13-24/h4-7,16,21H,1-3,8-13H2,(H,22,26)(H,23,27). The van der Waals surface area contributed by atoms with E-state index in [0.29, 0.717) is 31.6 Å². The lowest BCUT2D eigenvalue weighted by Crippen LogP contribution is -2.53. The van der Waals surface area contributed by atoms with Gasteiger partial charge in [-0.2, -0.15) is 0 Å². The maximum atomic E-state index is 12.8. The van der Waals surface area contributed by atoms with Crippen LogP contribution >= 0.6 is 0 Å². The smallest absolute Gasteiger partial charge is 0.244 e. The summed E-state index contributed by atoms with van der Waals surface area (Å²) in [6, 6.07) is 7.62. The second-order valence-electron chi connectivity index (χ2n) is 7.70. The van der Waals surface area contributed by atoms with E-state index in [1.807, 2.05) is 24.3 Å². The van der Waals surface area contributed by atoms with Gasteiger partial charge in [0.05, 0.1) is 0 Å². The Kier molecular flexibility index (Phi) is 4.86. The fourth-order valence-electron chi connectivity index (χ4n) is 4.35. The van der Waals surface area contributed by atoms with Crippen LogP contribution in [-0.4, -0.2) is 49.3 Å². The summed E-state index contributed by atoms with van der Waals surface area (Å²) >= 11 is 0. The Morgan fingerprint density at radius 3 is 2.37 bits per heavy atom. The number of amides is 2. The summed E-state index contributed by atoms with van der Waals surface area (Å²) in [6.45, 7) is 3.44. The second kappa shape index (κ2) is 7.31. The van der Waals surface area contributed by atoms with E-state index in [1.54, 1.807) is 0 Å². The summed E-state index contributed by atoms with van der Waals surface area (Å²) in [7, 11) is 0. The number of carbonyl (C=O) groups excluding carboxylic acids is 3. The van der Waals surface area contributed by atoms with Crippen LogP contribution in [0.15, 0.2) is 24.3 Å². The highest BCUT2D eigenvalue weighted by Gasteiger charge is 2.55. The molecule has 3 saturated heterocycles. The first-order valence-electron chi connectivity index (χ1n) is 9.82. The number of Topliss-reactive ketones (excluding diaryl/α,β-unsaturated/α-hetero) is 1. The number of piperidine rings is 2. The van der Waals surface area contributed by atoms with Gasteiger partial charge in [0.25, 0.3) is 0 Å². The van der Waals surface area contributed by atoms with E-state index in [0.717, 1.165) is 18.8 Å². The average Bonchev–Trinajstić information content (AvgIpc) is 2.93. The molecule has 7 nitrogen and oxygen atoms in total. The molecule has 144 valence electrons. The fraction of sp³-hybridized carbons (Fsp3) is 0.550. The first-order chi connectivity index (χ1) is 13.1. The predicted molar refractivity (Wildman–Crippen MR) is 103 cm³/mol. The Morgan fingerprint density at radius 2 is 1.70 bits per heavy atom. The van der Waals surface area contributed by atoms with Crippen LogP contribution in [0.1, 0.15) is 32.1 Å². The number of ketones is 1. The lowest BCUT2D eigenvalue weighted by atomic mass is 9.83. The first-order valence-corrected chi connectivity index (χ1v) is 9.82. The van der Waals surface area contributed by atoms with Crippen LogP contribution < -0.4 is 20.9 Å². The zero-order valence-corrected chi connectivity index (χ0v) is 15.4. The minimum Gasteiger partial charge on any atom is -0.372 e. The van der Waals surface area contributed by atoms with Crippen molar-refractivity contribution < 1.29 is 14.4 Å². The molecule has 0 radical (unpaired) electrons. The van der Waals surface area contributed by atoms with Gasteiger partial charge in [-0.15, -0.1) is 0 Å². The Balaban J connectivity index is 1.42. The summed E-state index contributed by atoms with van der Waals surface area (Å²) < 4.78 is 0. The van der Waals surface area contributed by atoms with Crippen LogP contribution in [0.4, 0.5) is 11.4 Å². The zero-order chi connectivity index (χ0) is 18.9. The van der Waals surface area contributed by atoms with Crippen LogP contribution in [0.3, 0.4) is 0 Å². The van der Waals surface area contributed by atoms with Gasteiger partial charge in [-0.05, 0) is 69.5 Å². The minimum atomic E-state index is -1.26. The fourth-order valence-corrected chi connectivity index (χ4v) is 4.35. The van der Waals surface area contributed by atoms with Crippen LogP contribution in [0.2, 0.25) is 0 Å². The number of benzene rings is 1. The molecule has 3 aliphatic rings. The molecule has 2 amide bonds. The molecule has 3 aliphatic heterocycles. The van der Waals surface area contributed by atoms with Crippen molar-refractivity contribution in [3.63, 3.8) is 0 Å². The molecule has 0 aromatic heterocycles. The molecule has 1 aromatic carbocycles. The van der Waals surface area contributed by atoms with Gasteiger partial charge in [0.2, 0.25) is 11.8 Å². The number of anilines is 2. The Morgan fingerprint density at radius 1 is 1.04 bits per heavy atom. The molecule has 1 atom stereocenters. The third kappa shape index (κ3) is 3.43. The molecule has 1 aromatic rings. The van der Waals surface area contributed by atoms with E-state index in [-0.39, 0.29) is 5.78 Å². The van der Waals surface area contributed by atoms with Gasteiger partial charge >= 0.3 is 0 Å². The van der Waals surface area contributed by atoms with E-state index < -0.39 is 23.3 Å². The van der Waals surface area contributed by atoms with Crippen molar-refractivity contribution in [3.8, 4) is 0 Å². The average molecular weight is 370 g/mol. The van der Waals surface area contributed by atoms with Crippen molar-refractivity contribution in [2.45, 2.75) is 37.6 Å². The molecular weight excluding hydrogens is 344 g/mol. The maximum Gasteiger partial charge on any atom is 0.244 e. The predicted octanol–water partition coefficient (Wildman–Crippen LogP) is 1.05. The van der Waals surface area contributed by atoms with E-state index in [1.165, 1.54) is 19.3 Å². The topological polar surface area (TPSA) is 90.5 Å². The van der Waals surface area contributed by atoms with Crippen molar-refractivity contribution in [2.75, 3.05) is 36.4 Å².